The first-order valence-corrected chi connectivity index (χ1v) is 16.7. The van der Waals surface area contributed by atoms with Crippen molar-refractivity contribution in [2.75, 3.05) is 0 Å². The van der Waals surface area contributed by atoms with E-state index in [9.17, 15) is 10.5 Å². The van der Waals surface area contributed by atoms with E-state index in [1.165, 1.54) is 11.7 Å². The van der Waals surface area contributed by atoms with Gasteiger partial charge in [-0.25, -0.2) is 4.40 Å². The lowest BCUT2D eigenvalue weighted by Gasteiger charge is -2.11. The quantitative estimate of drug-likeness (QED) is 0.103. The van der Waals surface area contributed by atoms with Gasteiger partial charge in [0, 0.05) is 41.8 Å². The van der Waals surface area contributed by atoms with Crippen LogP contribution < -0.4 is 0 Å². The molecule has 4 heterocycles. The summed E-state index contributed by atoms with van der Waals surface area (Å²) in [5, 5.41) is 28.0. The Kier molecular flexibility index (Phi) is 7.85. The number of nitrogens with zero attached hydrogens (tertiary/aromatic N) is 7. The molecule has 8 nitrogen and oxygen atoms in total. The van der Waals surface area contributed by atoms with E-state index in [0.717, 1.165) is 70.0 Å². The number of nitriles is 2. The minimum absolute atomic E-state index is 0.208. The van der Waals surface area contributed by atoms with E-state index in [1.807, 2.05) is 48.5 Å². The summed E-state index contributed by atoms with van der Waals surface area (Å²) in [6.07, 6.45) is 8.81. The fraction of sp³-hybridized carbons (Fsp3) is 0. The Morgan fingerprint density at radius 3 is 2.04 bits per heavy atom. The molecule has 1 aliphatic carbocycles. The van der Waals surface area contributed by atoms with Gasteiger partial charge in [-0.2, -0.15) is 28.0 Å². The number of aromatic nitrogens is 4. The summed E-state index contributed by atoms with van der Waals surface area (Å²) in [4.78, 5) is 3.84. The van der Waals surface area contributed by atoms with Crippen LogP contribution in [0.1, 0.15) is 15.3 Å². The molecule has 214 valence electrons. The lowest BCUT2D eigenvalue weighted by Crippen LogP contribution is -2.16. The van der Waals surface area contributed by atoms with Gasteiger partial charge in [-0.1, -0.05) is 36.4 Å². The zero-order valence-electron chi connectivity index (χ0n) is 22.8. The van der Waals surface area contributed by atoms with Crippen LogP contribution in [0.15, 0.2) is 88.4 Å². The summed E-state index contributed by atoms with van der Waals surface area (Å²) in [6, 6.07) is 22.4. The molecule has 4 aromatic heterocycles. The van der Waals surface area contributed by atoms with Crippen LogP contribution in [0.5, 0.6) is 0 Å². The SMILES string of the molecule is N#C/C(=C\c1ccc(-c2ccc(-c3ccc(/C=C(\C#N)c4cccc5nsnc45)s3)c3nsnc23)s1)C1=CC=CC(=N)C1=NS. The van der Waals surface area contributed by atoms with E-state index in [4.69, 9.17) is 5.41 Å². The Balaban J connectivity index is 1.21. The number of thiophene rings is 2. The number of hydrogen-bond acceptors (Lipinski definition) is 13. The maximum absolute atomic E-state index is 9.96. The molecule has 1 aliphatic rings. The van der Waals surface area contributed by atoms with Crippen LogP contribution in [0.4, 0.5) is 0 Å². The Labute approximate surface area is 278 Å². The highest BCUT2D eigenvalue weighted by atomic mass is 32.1. The van der Waals surface area contributed by atoms with Crippen molar-refractivity contribution in [2.45, 2.75) is 0 Å². The second kappa shape index (κ2) is 12.2. The van der Waals surface area contributed by atoms with Gasteiger partial charge in [-0.3, -0.25) is 5.41 Å². The van der Waals surface area contributed by atoms with Crippen LogP contribution in [-0.2, 0) is 0 Å². The third-order valence-electron chi connectivity index (χ3n) is 7.02. The monoisotopic (exact) mass is 672 g/mol. The standard InChI is InChI=1S/C32H16N8S5/c33-15-17(21-3-1-5-25(35)29(21)36-41)13-19-7-11-27(42-19)23-9-10-24(32-31(23)39-45-40-32)28-12-8-20(43-28)14-18(16-34)22-4-2-6-26-30(22)38-44-37-26/h1-14,35,41H/b17-13+,18-14+,35-25?,36-29?. The molecule has 1 N–H and O–H groups in total. The van der Waals surface area contributed by atoms with Crippen molar-refractivity contribution in [1.29, 1.82) is 15.9 Å². The summed E-state index contributed by atoms with van der Waals surface area (Å²) in [5.41, 5.74) is 7.89. The largest absolute Gasteiger partial charge is 0.299 e. The molecular weight excluding hydrogens is 657 g/mol. The van der Waals surface area contributed by atoms with Crippen molar-refractivity contribution in [3.63, 3.8) is 0 Å². The predicted molar refractivity (Wildman–Crippen MR) is 190 cm³/mol. The third kappa shape index (κ3) is 5.37. The predicted octanol–water partition coefficient (Wildman–Crippen LogP) is 8.93. The van der Waals surface area contributed by atoms with Crippen LogP contribution in [-0.4, -0.2) is 28.9 Å². The molecular formula is C32H16N8S5. The van der Waals surface area contributed by atoms with Gasteiger partial charge in [-0.15, -0.1) is 22.7 Å². The van der Waals surface area contributed by atoms with E-state index in [-0.39, 0.29) is 5.71 Å². The smallest absolute Gasteiger partial charge is 0.114 e. The molecule has 0 saturated carbocycles. The average Bonchev–Trinajstić information content (AvgIpc) is 3.89. The van der Waals surface area contributed by atoms with Crippen molar-refractivity contribution in [3.8, 4) is 33.0 Å². The number of thiol groups is 1. The van der Waals surface area contributed by atoms with Gasteiger partial charge in [0.05, 0.1) is 52.5 Å². The fourth-order valence-corrected chi connectivity index (χ4v) is 8.23. The van der Waals surface area contributed by atoms with Crippen LogP contribution in [0.25, 0.3) is 60.7 Å². The Morgan fingerprint density at radius 2 is 1.40 bits per heavy atom. The van der Waals surface area contributed by atoms with E-state index in [2.05, 4.69) is 59.0 Å². The second-order valence-corrected chi connectivity index (χ2v) is 13.1. The average molecular weight is 673 g/mol. The molecule has 0 radical (unpaired) electrons. The van der Waals surface area contributed by atoms with E-state index in [1.54, 1.807) is 47.0 Å². The maximum Gasteiger partial charge on any atom is 0.114 e. The van der Waals surface area contributed by atoms with Crippen LogP contribution >= 0.6 is 58.9 Å². The summed E-state index contributed by atoms with van der Waals surface area (Å²) in [5.74, 6) is 0. The zero-order valence-corrected chi connectivity index (χ0v) is 27.0. The van der Waals surface area contributed by atoms with Gasteiger partial charge in [-0.05, 0) is 61.4 Å². The van der Waals surface area contributed by atoms with Gasteiger partial charge in [0.1, 0.15) is 27.8 Å². The first kappa shape index (κ1) is 28.9. The van der Waals surface area contributed by atoms with Crippen molar-refractivity contribution in [1.82, 2.24) is 17.5 Å². The number of rotatable bonds is 6. The van der Waals surface area contributed by atoms with Gasteiger partial charge < -0.3 is 0 Å². The molecule has 2 aromatic carbocycles. The van der Waals surface area contributed by atoms with E-state index >= 15 is 0 Å². The van der Waals surface area contributed by atoms with Gasteiger partial charge in [0.15, 0.2) is 0 Å². The molecule has 0 atom stereocenters. The zero-order chi connectivity index (χ0) is 30.9. The van der Waals surface area contributed by atoms with Crippen molar-refractivity contribution < 1.29 is 0 Å². The normalized spacial score (nSPS) is 14.7. The lowest BCUT2D eigenvalue weighted by atomic mass is 9.94. The number of hydrogen-bond donors (Lipinski definition) is 2. The topological polar surface area (TPSA) is 135 Å². The molecule has 0 spiro atoms. The summed E-state index contributed by atoms with van der Waals surface area (Å²) < 4.78 is 21.9. The minimum atomic E-state index is 0.208. The molecule has 0 aliphatic heterocycles. The van der Waals surface area contributed by atoms with E-state index < -0.39 is 0 Å². The van der Waals surface area contributed by atoms with Crippen LogP contribution in [0.2, 0.25) is 0 Å². The molecule has 6 aromatic rings. The Hall–Kier alpha value is -4.89. The summed E-state index contributed by atoms with van der Waals surface area (Å²) in [6.45, 7) is 0. The second-order valence-electron chi connectivity index (χ2n) is 9.61. The molecule has 45 heavy (non-hydrogen) atoms. The lowest BCUT2D eigenvalue weighted by molar-refractivity contribution is 1.47. The fourth-order valence-electron chi connectivity index (χ4n) is 4.93. The molecule has 0 unspecified atom stereocenters. The number of benzene rings is 2. The van der Waals surface area contributed by atoms with E-state index in [0.29, 0.717) is 22.4 Å². The number of nitrogens with one attached hydrogen (secondary N) is 1. The molecule has 0 bridgehead atoms. The molecule has 13 heteroatoms. The highest BCUT2D eigenvalue weighted by Crippen LogP contribution is 2.40. The summed E-state index contributed by atoms with van der Waals surface area (Å²) >= 11 is 9.44. The number of fused-ring (bicyclic) bond motifs is 2. The number of allylic oxidation sites excluding steroid dienone is 6. The molecule has 0 saturated heterocycles. The highest BCUT2D eigenvalue weighted by molar-refractivity contribution is 7.79. The first-order valence-electron chi connectivity index (χ1n) is 13.2. The van der Waals surface area contributed by atoms with Crippen LogP contribution in [0, 0.1) is 28.1 Å². The van der Waals surface area contributed by atoms with Gasteiger partial charge in [0.2, 0.25) is 0 Å². The van der Waals surface area contributed by atoms with Gasteiger partial charge in [0.25, 0.3) is 0 Å². The Bertz CT molecular complexity index is 2400. The molecule has 7 rings (SSSR count). The van der Waals surface area contributed by atoms with Crippen molar-refractivity contribution in [3.05, 3.63) is 99.3 Å². The first-order chi connectivity index (χ1) is 22.1. The minimum Gasteiger partial charge on any atom is -0.299 e. The highest BCUT2D eigenvalue weighted by Gasteiger charge is 2.19. The van der Waals surface area contributed by atoms with Crippen molar-refractivity contribution in [2.24, 2.45) is 4.40 Å². The van der Waals surface area contributed by atoms with Crippen LogP contribution in [0.3, 0.4) is 0 Å². The summed E-state index contributed by atoms with van der Waals surface area (Å²) in [7, 11) is 0. The molecule has 0 fully saturated rings. The third-order valence-corrected chi connectivity index (χ3v) is 10.4. The van der Waals surface area contributed by atoms with Gasteiger partial charge >= 0.3 is 0 Å². The van der Waals surface area contributed by atoms with Crippen molar-refractivity contribution >= 4 is 110 Å². The molecule has 0 amide bonds. The Morgan fingerprint density at radius 1 is 0.778 bits per heavy atom. The maximum atomic E-state index is 9.96.